The summed E-state index contributed by atoms with van der Waals surface area (Å²) in [5, 5.41) is 6.22. The van der Waals surface area contributed by atoms with Crippen molar-refractivity contribution >= 4 is 39.0 Å². The molecule has 2 aromatic carbocycles. The third-order valence-electron chi connectivity index (χ3n) is 5.30. The summed E-state index contributed by atoms with van der Waals surface area (Å²) in [5.74, 6) is 0.128. The first-order valence-corrected chi connectivity index (χ1v) is 10.7. The van der Waals surface area contributed by atoms with Crippen molar-refractivity contribution in [1.82, 2.24) is 9.80 Å². The van der Waals surface area contributed by atoms with E-state index in [9.17, 15) is 9.59 Å². The van der Waals surface area contributed by atoms with Crippen LogP contribution in [0, 0.1) is 13.8 Å². The number of piperazine rings is 1. The zero-order valence-corrected chi connectivity index (χ0v) is 17.6. The van der Waals surface area contributed by atoms with E-state index in [2.05, 4.69) is 28.9 Å². The first-order valence-electron chi connectivity index (χ1n) is 9.87. The van der Waals surface area contributed by atoms with Gasteiger partial charge in [0.05, 0.1) is 6.42 Å². The lowest BCUT2D eigenvalue weighted by atomic mass is 10.1. The van der Waals surface area contributed by atoms with Crippen LogP contribution in [0.5, 0.6) is 0 Å². The summed E-state index contributed by atoms with van der Waals surface area (Å²) in [5.41, 5.74) is 4.15. The van der Waals surface area contributed by atoms with Crippen LogP contribution >= 0.6 is 11.3 Å². The Morgan fingerprint density at radius 1 is 0.966 bits per heavy atom. The first-order chi connectivity index (χ1) is 14.0. The topological polar surface area (TPSA) is 52.7 Å². The van der Waals surface area contributed by atoms with Gasteiger partial charge in [0, 0.05) is 36.6 Å². The second-order valence-electron chi connectivity index (χ2n) is 7.61. The summed E-state index contributed by atoms with van der Waals surface area (Å²) in [6, 6.07) is 14.1. The highest BCUT2D eigenvalue weighted by molar-refractivity contribution is 7.17. The number of benzene rings is 2. The van der Waals surface area contributed by atoms with Gasteiger partial charge in [-0.2, -0.15) is 0 Å². The molecule has 3 amide bonds. The maximum absolute atomic E-state index is 12.8. The fourth-order valence-electron chi connectivity index (χ4n) is 3.85. The normalized spacial score (nSPS) is 14.3. The number of rotatable bonds is 3. The highest BCUT2D eigenvalue weighted by Gasteiger charge is 2.24. The summed E-state index contributed by atoms with van der Waals surface area (Å²) < 4.78 is 1.21. The van der Waals surface area contributed by atoms with Crippen LogP contribution in [-0.2, 0) is 11.2 Å². The molecule has 1 aliphatic rings. The third-order valence-corrected chi connectivity index (χ3v) is 6.31. The minimum absolute atomic E-state index is 0.106. The largest absolute Gasteiger partial charge is 0.339 e. The average molecular weight is 408 g/mol. The molecule has 29 heavy (non-hydrogen) atoms. The molecule has 1 aromatic heterocycles. The van der Waals surface area contributed by atoms with Gasteiger partial charge in [-0.1, -0.05) is 24.3 Å². The molecule has 3 aromatic rings. The van der Waals surface area contributed by atoms with Crippen molar-refractivity contribution in [2.24, 2.45) is 0 Å². The number of anilines is 1. The number of carbonyl (C=O) groups is 2. The molecule has 5 nitrogen and oxygen atoms in total. The summed E-state index contributed by atoms with van der Waals surface area (Å²) in [4.78, 5) is 29.0. The van der Waals surface area contributed by atoms with E-state index in [1.165, 1.54) is 4.70 Å². The summed E-state index contributed by atoms with van der Waals surface area (Å²) in [6.07, 6.45) is 0.415. The Hall–Kier alpha value is -2.86. The Kier molecular flexibility index (Phi) is 5.53. The molecule has 0 atom stereocenters. The molecule has 1 aliphatic heterocycles. The van der Waals surface area contributed by atoms with Crippen molar-refractivity contribution in [2.75, 3.05) is 31.5 Å². The number of hydrogen-bond acceptors (Lipinski definition) is 3. The lowest BCUT2D eigenvalue weighted by molar-refractivity contribution is -0.131. The van der Waals surface area contributed by atoms with Crippen LogP contribution in [0.15, 0.2) is 47.8 Å². The SMILES string of the molecule is Cc1cc(C)cc(NC(=O)N2CCN(C(=O)Cc3csc4ccccc34)CC2)c1. The Morgan fingerprint density at radius 3 is 2.34 bits per heavy atom. The van der Waals surface area contributed by atoms with Gasteiger partial charge in [-0.15, -0.1) is 11.3 Å². The Labute approximate surface area is 174 Å². The molecule has 0 saturated carbocycles. The molecular formula is C23H25N3O2S. The fraction of sp³-hybridized carbons (Fsp3) is 0.304. The van der Waals surface area contributed by atoms with E-state index >= 15 is 0 Å². The molecule has 1 N–H and O–H groups in total. The van der Waals surface area contributed by atoms with Gasteiger partial charge in [0.1, 0.15) is 0 Å². The van der Waals surface area contributed by atoms with Crippen molar-refractivity contribution in [3.8, 4) is 0 Å². The Morgan fingerprint density at radius 2 is 1.62 bits per heavy atom. The van der Waals surface area contributed by atoms with Gasteiger partial charge in [-0.05, 0) is 59.5 Å². The minimum Gasteiger partial charge on any atom is -0.339 e. The number of nitrogens with one attached hydrogen (secondary N) is 1. The van der Waals surface area contributed by atoms with E-state index in [4.69, 9.17) is 0 Å². The van der Waals surface area contributed by atoms with E-state index in [-0.39, 0.29) is 11.9 Å². The van der Waals surface area contributed by atoms with Crippen molar-refractivity contribution in [1.29, 1.82) is 0 Å². The van der Waals surface area contributed by atoms with Crippen molar-refractivity contribution in [3.05, 3.63) is 64.5 Å². The molecule has 0 bridgehead atoms. The Bertz CT molecular complexity index is 1030. The van der Waals surface area contributed by atoms with E-state index < -0.39 is 0 Å². The lowest BCUT2D eigenvalue weighted by Gasteiger charge is -2.34. The highest BCUT2D eigenvalue weighted by atomic mass is 32.1. The summed E-state index contributed by atoms with van der Waals surface area (Å²) in [6.45, 7) is 6.27. The highest BCUT2D eigenvalue weighted by Crippen LogP contribution is 2.26. The zero-order chi connectivity index (χ0) is 20.4. The van der Waals surface area contributed by atoms with Gasteiger partial charge in [0.15, 0.2) is 0 Å². The maximum atomic E-state index is 12.8. The molecule has 0 spiro atoms. The van der Waals surface area contributed by atoms with Gasteiger partial charge in [0.25, 0.3) is 0 Å². The molecule has 0 radical (unpaired) electrons. The quantitative estimate of drug-likeness (QED) is 0.698. The smallest absolute Gasteiger partial charge is 0.321 e. The number of thiophene rings is 1. The second kappa shape index (κ2) is 8.25. The maximum Gasteiger partial charge on any atom is 0.321 e. The van der Waals surface area contributed by atoms with Crippen molar-refractivity contribution in [3.63, 3.8) is 0 Å². The van der Waals surface area contributed by atoms with E-state index in [1.54, 1.807) is 16.2 Å². The van der Waals surface area contributed by atoms with E-state index in [0.29, 0.717) is 32.6 Å². The average Bonchev–Trinajstić information content (AvgIpc) is 3.10. The monoisotopic (exact) mass is 407 g/mol. The molecule has 0 aliphatic carbocycles. The molecule has 1 saturated heterocycles. The minimum atomic E-state index is -0.106. The predicted molar refractivity (Wildman–Crippen MR) is 119 cm³/mol. The van der Waals surface area contributed by atoms with Crippen LogP contribution in [0.1, 0.15) is 16.7 Å². The number of hydrogen-bond donors (Lipinski definition) is 1. The number of aryl methyl sites for hydroxylation is 2. The van der Waals surface area contributed by atoms with Gasteiger partial charge >= 0.3 is 6.03 Å². The number of fused-ring (bicyclic) bond motifs is 1. The molecule has 150 valence electrons. The molecule has 2 heterocycles. The second-order valence-corrected chi connectivity index (χ2v) is 8.52. The molecule has 4 rings (SSSR count). The predicted octanol–water partition coefficient (Wildman–Crippen LogP) is 4.44. The number of urea groups is 1. The standard InChI is InChI=1S/C23H25N3O2S/c1-16-11-17(2)13-19(12-16)24-23(28)26-9-7-25(8-10-26)22(27)14-18-15-29-21-6-4-3-5-20(18)21/h3-6,11-13,15H,7-10,14H2,1-2H3,(H,24,28). The Balaban J connectivity index is 1.32. The van der Waals surface area contributed by atoms with Crippen LogP contribution in [0.2, 0.25) is 0 Å². The van der Waals surface area contributed by atoms with Gasteiger partial charge < -0.3 is 15.1 Å². The third kappa shape index (κ3) is 4.43. The number of amides is 3. The van der Waals surface area contributed by atoms with Gasteiger partial charge in [0.2, 0.25) is 5.91 Å². The molecular weight excluding hydrogens is 382 g/mol. The van der Waals surface area contributed by atoms with Crippen LogP contribution in [-0.4, -0.2) is 47.9 Å². The van der Waals surface area contributed by atoms with Crippen LogP contribution in [0.25, 0.3) is 10.1 Å². The summed E-state index contributed by atoms with van der Waals surface area (Å²) in [7, 11) is 0. The summed E-state index contributed by atoms with van der Waals surface area (Å²) >= 11 is 1.68. The number of nitrogens with zero attached hydrogens (tertiary/aromatic N) is 2. The van der Waals surface area contributed by atoms with Crippen LogP contribution in [0.4, 0.5) is 10.5 Å². The molecule has 1 fully saturated rings. The van der Waals surface area contributed by atoms with Crippen LogP contribution < -0.4 is 5.32 Å². The number of carbonyl (C=O) groups excluding carboxylic acids is 2. The lowest BCUT2D eigenvalue weighted by Crippen LogP contribution is -2.52. The van der Waals surface area contributed by atoms with Gasteiger partial charge in [-0.3, -0.25) is 4.79 Å². The van der Waals surface area contributed by atoms with E-state index in [0.717, 1.165) is 27.8 Å². The van der Waals surface area contributed by atoms with Crippen molar-refractivity contribution in [2.45, 2.75) is 20.3 Å². The van der Waals surface area contributed by atoms with Crippen LogP contribution in [0.3, 0.4) is 0 Å². The van der Waals surface area contributed by atoms with Crippen molar-refractivity contribution < 1.29 is 9.59 Å². The zero-order valence-electron chi connectivity index (χ0n) is 16.8. The van der Waals surface area contributed by atoms with E-state index in [1.807, 2.05) is 43.0 Å². The molecule has 0 unspecified atom stereocenters. The first kappa shape index (κ1) is 19.5. The fourth-order valence-corrected chi connectivity index (χ4v) is 4.82. The van der Waals surface area contributed by atoms with Gasteiger partial charge in [-0.25, -0.2) is 4.79 Å². The molecule has 6 heteroatoms.